The zero-order valence-electron chi connectivity index (χ0n) is 5.07. The smallest absolute Gasteiger partial charge is 0.751 e. The van der Waals surface area contributed by atoms with Crippen LogP contribution in [-0.2, 0) is 18.5 Å². The normalized spacial score (nSPS) is 16.7. The molecule has 0 aliphatic heterocycles. The third-order valence-electron chi connectivity index (χ3n) is 0.209. The molecule has 0 amide bonds. The van der Waals surface area contributed by atoms with E-state index in [0.29, 0.717) is 0 Å². The molecule has 0 bridgehead atoms. The quantitative estimate of drug-likeness (QED) is 0.241. The number of halogens is 3. The molecular weight excluding hydrogens is 206 g/mol. The largest absolute Gasteiger partial charge is 1.00 e. The Kier molecular flexibility index (Phi) is 6.07. The van der Waals surface area contributed by atoms with Gasteiger partial charge >= 0.3 is 34.8 Å². The van der Waals surface area contributed by atoms with E-state index in [-0.39, 0.29) is 18.9 Å². The fourth-order valence-electron chi connectivity index (χ4n) is 0.0786. The zero-order chi connectivity index (χ0) is 8.41. The van der Waals surface area contributed by atoms with Gasteiger partial charge < -0.3 is 4.89 Å². The van der Waals surface area contributed by atoms with Crippen LogP contribution in [0.5, 0.6) is 0 Å². The summed E-state index contributed by atoms with van der Waals surface area (Å²) in [5.41, 5.74) is 0. The summed E-state index contributed by atoms with van der Waals surface area (Å²) in [4.78, 5) is 9.24. The Hall–Kier alpha value is 0.727. The van der Waals surface area contributed by atoms with Crippen molar-refractivity contribution in [2.45, 2.75) is 0 Å². The Morgan fingerprint density at radius 2 is 1.45 bits per heavy atom. The SMILES string of the molecule is O=P([O-])(F)OOP(=O)(F)F.[Li+]. The van der Waals surface area contributed by atoms with Crippen LogP contribution >= 0.6 is 15.9 Å². The monoisotopic (exact) mass is 206 g/mol. The maximum atomic E-state index is 11.1. The molecule has 11 heavy (non-hydrogen) atoms. The van der Waals surface area contributed by atoms with Crippen LogP contribution in [0.3, 0.4) is 0 Å². The Bertz CT molecular complexity index is 170. The van der Waals surface area contributed by atoms with E-state index < -0.39 is 15.9 Å². The minimum Gasteiger partial charge on any atom is -0.751 e. The Morgan fingerprint density at radius 3 is 1.55 bits per heavy atom. The van der Waals surface area contributed by atoms with Crippen molar-refractivity contribution in [3.63, 3.8) is 0 Å². The minimum atomic E-state index is -6.10. The number of hydrogen-bond donors (Lipinski definition) is 0. The van der Waals surface area contributed by atoms with Gasteiger partial charge in [0.1, 0.15) is 0 Å². The molecule has 0 rings (SSSR count). The molecule has 62 valence electrons. The average molecular weight is 206 g/mol. The predicted octanol–water partition coefficient (Wildman–Crippen LogP) is -1.58. The van der Waals surface area contributed by atoms with Crippen molar-refractivity contribution < 1.29 is 54.8 Å². The van der Waals surface area contributed by atoms with E-state index >= 15 is 0 Å². The molecule has 0 spiro atoms. The van der Waals surface area contributed by atoms with Crippen LogP contribution in [-0.4, -0.2) is 0 Å². The molecule has 0 saturated carbocycles. The number of hydrogen-bond acceptors (Lipinski definition) is 5. The third-order valence-corrected chi connectivity index (χ3v) is 0.827. The first-order valence-corrected chi connectivity index (χ1v) is 4.43. The van der Waals surface area contributed by atoms with Crippen LogP contribution in [0, 0.1) is 0 Å². The van der Waals surface area contributed by atoms with E-state index in [1.54, 1.807) is 0 Å². The number of rotatable bonds is 3. The molecule has 0 aliphatic carbocycles. The Morgan fingerprint density at radius 1 is 1.09 bits per heavy atom. The van der Waals surface area contributed by atoms with Crippen molar-refractivity contribution in [1.29, 1.82) is 0 Å². The maximum Gasteiger partial charge on any atom is 1.00 e. The minimum absolute atomic E-state index is 0. The Labute approximate surface area is 71.3 Å². The van der Waals surface area contributed by atoms with Crippen molar-refractivity contribution >= 4 is 15.9 Å². The zero-order valence-corrected chi connectivity index (χ0v) is 6.86. The van der Waals surface area contributed by atoms with Crippen molar-refractivity contribution in [3.8, 4) is 0 Å². The van der Waals surface area contributed by atoms with Crippen molar-refractivity contribution in [2.24, 2.45) is 0 Å². The van der Waals surface area contributed by atoms with Crippen molar-refractivity contribution in [2.75, 3.05) is 0 Å². The summed E-state index contributed by atoms with van der Waals surface area (Å²) in [6.45, 7) is 0. The van der Waals surface area contributed by atoms with Gasteiger partial charge in [-0.05, 0) is 0 Å². The average Bonchev–Trinajstić information content (AvgIpc) is 1.57. The van der Waals surface area contributed by atoms with Crippen molar-refractivity contribution in [1.82, 2.24) is 0 Å². The molecule has 1 unspecified atom stereocenters. The molecule has 0 aromatic rings. The molecule has 0 aromatic carbocycles. The van der Waals surface area contributed by atoms with E-state index in [0.717, 1.165) is 0 Å². The fourth-order valence-corrected chi connectivity index (χ4v) is 0.708. The van der Waals surface area contributed by atoms with E-state index in [1.807, 2.05) is 0 Å². The fraction of sp³-hybridized carbons (Fsp3) is 0. The molecule has 0 heterocycles. The van der Waals surface area contributed by atoms with Gasteiger partial charge in [0.15, 0.2) is 0 Å². The van der Waals surface area contributed by atoms with Gasteiger partial charge in [0.25, 0.3) is 0 Å². The van der Waals surface area contributed by atoms with Gasteiger partial charge in [-0.3, -0.25) is 4.57 Å². The van der Waals surface area contributed by atoms with E-state index in [1.165, 1.54) is 0 Å². The topological polar surface area (TPSA) is 75.7 Å². The summed E-state index contributed by atoms with van der Waals surface area (Å²) >= 11 is 0. The van der Waals surface area contributed by atoms with Crippen LogP contribution < -0.4 is 23.8 Å². The maximum absolute atomic E-state index is 11.1. The summed E-state index contributed by atoms with van der Waals surface area (Å²) in [7, 11) is -12.0. The van der Waals surface area contributed by atoms with E-state index in [2.05, 4.69) is 9.35 Å². The molecule has 0 aromatic heterocycles. The van der Waals surface area contributed by atoms with Gasteiger partial charge in [-0.15, -0.1) is 17.7 Å². The second-order valence-corrected chi connectivity index (χ2v) is 2.98. The second kappa shape index (κ2) is 4.68. The first-order chi connectivity index (χ1) is 4.21. The molecule has 0 radical (unpaired) electrons. The molecule has 1 atom stereocenters. The first kappa shape index (κ1) is 14.3. The molecule has 11 heteroatoms. The predicted molar refractivity (Wildman–Crippen MR) is 20.7 cm³/mol. The Balaban J connectivity index is 0. The first-order valence-electron chi connectivity index (χ1n) is 1.59. The molecule has 0 aliphatic rings. The van der Waals surface area contributed by atoms with Crippen LogP contribution in [0.25, 0.3) is 0 Å². The summed E-state index contributed by atoms with van der Waals surface area (Å²) in [6.07, 6.45) is 0. The summed E-state index contributed by atoms with van der Waals surface area (Å²) in [5.74, 6) is 0. The molecular formula is F3LiO5P2. The van der Waals surface area contributed by atoms with E-state index in [4.69, 9.17) is 4.57 Å². The molecule has 5 nitrogen and oxygen atoms in total. The molecule has 0 saturated heterocycles. The van der Waals surface area contributed by atoms with E-state index in [9.17, 15) is 22.0 Å². The molecule has 0 N–H and O–H groups in total. The van der Waals surface area contributed by atoms with Gasteiger partial charge in [0, 0.05) is 0 Å². The second-order valence-electron chi connectivity index (χ2n) is 0.994. The van der Waals surface area contributed by atoms with Gasteiger partial charge in [0.05, 0.1) is 0 Å². The van der Waals surface area contributed by atoms with Gasteiger partial charge in [-0.2, -0.15) is 4.20 Å². The van der Waals surface area contributed by atoms with Gasteiger partial charge in [0.2, 0.25) is 0 Å². The summed E-state index contributed by atoms with van der Waals surface area (Å²) in [6, 6.07) is 0. The molecule has 0 fully saturated rings. The standard InChI is InChI=1S/F3HO5P2.Li/c1-9(2,4)7-8-10(3,5)6;/h(H,5,6);/q;+1/p-1. The van der Waals surface area contributed by atoms with Crippen LogP contribution in [0.2, 0.25) is 0 Å². The van der Waals surface area contributed by atoms with Crippen LogP contribution in [0.1, 0.15) is 0 Å². The van der Waals surface area contributed by atoms with Crippen molar-refractivity contribution in [3.05, 3.63) is 0 Å². The van der Waals surface area contributed by atoms with Crippen LogP contribution in [0.15, 0.2) is 0 Å². The van der Waals surface area contributed by atoms with Gasteiger partial charge in [-0.1, -0.05) is 0 Å². The summed E-state index contributed by atoms with van der Waals surface area (Å²) in [5, 5.41) is 0. The third kappa shape index (κ3) is 13.7. The van der Waals surface area contributed by atoms with Gasteiger partial charge in [-0.25, -0.2) is 4.57 Å². The van der Waals surface area contributed by atoms with Crippen LogP contribution in [0.4, 0.5) is 12.6 Å². The summed E-state index contributed by atoms with van der Waals surface area (Å²) < 4.78 is 56.4.